The number of furan rings is 1. The van der Waals surface area contributed by atoms with Crippen molar-refractivity contribution >= 4 is 5.91 Å². The lowest BCUT2D eigenvalue weighted by Gasteiger charge is -2.15. The van der Waals surface area contributed by atoms with E-state index in [1.165, 1.54) is 0 Å². The lowest BCUT2D eigenvalue weighted by molar-refractivity contribution is -0.129. The first kappa shape index (κ1) is 10.2. The maximum atomic E-state index is 11.6. The van der Waals surface area contributed by atoms with Crippen LogP contribution in [-0.2, 0) is 11.3 Å². The van der Waals surface area contributed by atoms with Crippen molar-refractivity contribution < 1.29 is 9.21 Å². The Morgan fingerprint density at radius 3 is 2.93 bits per heavy atom. The van der Waals surface area contributed by atoms with Crippen molar-refractivity contribution in [2.24, 2.45) is 0 Å². The highest BCUT2D eigenvalue weighted by atomic mass is 16.3. The molecule has 4 heteroatoms. The molecule has 2 heterocycles. The van der Waals surface area contributed by atoms with Crippen molar-refractivity contribution in [3.05, 3.63) is 24.2 Å². The van der Waals surface area contributed by atoms with Crippen LogP contribution < -0.4 is 5.32 Å². The highest BCUT2D eigenvalue weighted by Gasteiger charge is 2.16. The maximum absolute atomic E-state index is 11.6. The Bertz CT molecular complexity index is 302. The highest BCUT2D eigenvalue weighted by molar-refractivity contribution is 5.78. The van der Waals surface area contributed by atoms with Gasteiger partial charge in [-0.05, 0) is 18.9 Å². The van der Waals surface area contributed by atoms with Crippen LogP contribution in [0.3, 0.4) is 0 Å². The van der Waals surface area contributed by atoms with Crippen LogP contribution in [0.1, 0.15) is 18.4 Å². The van der Waals surface area contributed by atoms with Gasteiger partial charge in [0.2, 0.25) is 5.91 Å². The maximum Gasteiger partial charge on any atom is 0.236 e. The Morgan fingerprint density at radius 1 is 1.47 bits per heavy atom. The average Bonchev–Trinajstić information content (AvgIpc) is 2.90. The van der Waals surface area contributed by atoms with Crippen molar-refractivity contribution in [1.82, 2.24) is 10.2 Å². The summed E-state index contributed by atoms with van der Waals surface area (Å²) in [6.07, 6.45) is 5.62. The van der Waals surface area contributed by atoms with E-state index in [4.69, 9.17) is 4.42 Å². The van der Waals surface area contributed by atoms with E-state index in [0.29, 0.717) is 13.1 Å². The quantitative estimate of drug-likeness (QED) is 0.802. The molecule has 0 radical (unpaired) electrons. The number of amides is 1. The monoisotopic (exact) mass is 208 g/mol. The lowest BCUT2D eigenvalue weighted by Crippen LogP contribution is -2.35. The largest absolute Gasteiger partial charge is 0.472 e. The summed E-state index contributed by atoms with van der Waals surface area (Å²) in [4.78, 5) is 13.5. The predicted octanol–water partition coefficient (Wildman–Crippen LogP) is 0.992. The van der Waals surface area contributed by atoms with E-state index in [9.17, 15) is 4.79 Å². The summed E-state index contributed by atoms with van der Waals surface area (Å²) in [5, 5.41) is 3.11. The van der Waals surface area contributed by atoms with Crippen molar-refractivity contribution in [2.45, 2.75) is 19.4 Å². The fourth-order valence-corrected chi connectivity index (χ4v) is 1.79. The molecule has 15 heavy (non-hydrogen) atoms. The number of hydrogen-bond donors (Lipinski definition) is 1. The third kappa shape index (κ3) is 2.83. The van der Waals surface area contributed by atoms with Gasteiger partial charge >= 0.3 is 0 Å². The third-order valence-electron chi connectivity index (χ3n) is 2.64. The van der Waals surface area contributed by atoms with Crippen LogP contribution in [-0.4, -0.2) is 30.4 Å². The van der Waals surface area contributed by atoms with Gasteiger partial charge in [0.05, 0.1) is 19.1 Å². The van der Waals surface area contributed by atoms with Gasteiger partial charge in [-0.25, -0.2) is 0 Å². The minimum absolute atomic E-state index is 0.205. The first-order valence-electron chi connectivity index (χ1n) is 5.36. The molecule has 1 N–H and O–H groups in total. The summed E-state index contributed by atoms with van der Waals surface area (Å²) in [6.45, 7) is 2.96. The zero-order chi connectivity index (χ0) is 10.5. The Kier molecular flexibility index (Phi) is 3.40. The van der Waals surface area contributed by atoms with Crippen LogP contribution in [0, 0.1) is 0 Å². The van der Waals surface area contributed by atoms with Crippen molar-refractivity contribution in [2.75, 3.05) is 19.6 Å². The number of carbonyl (C=O) groups excluding carboxylic acids is 1. The van der Waals surface area contributed by atoms with Crippen LogP contribution in [0.15, 0.2) is 23.0 Å². The van der Waals surface area contributed by atoms with Crippen LogP contribution in [0.5, 0.6) is 0 Å². The zero-order valence-corrected chi connectivity index (χ0v) is 8.74. The molecule has 1 aromatic rings. The molecular formula is C11H16N2O2. The first-order chi connectivity index (χ1) is 7.36. The lowest BCUT2D eigenvalue weighted by atomic mass is 10.3. The van der Waals surface area contributed by atoms with E-state index in [2.05, 4.69) is 5.32 Å². The van der Waals surface area contributed by atoms with E-state index in [-0.39, 0.29) is 5.91 Å². The first-order valence-corrected chi connectivity index (χ1v) is 5.36. The van der Waals surface area contributed by atoms with Gasteiger partial charge in [-0.15, -0.1) is 0 Å². The molecule has 0 saturated carbocycles. The van der Waals surface area contributed by atoms with E-state index in [1.54, 1.807) is 12.5 Å². The number of hydrogen-bond acceptors (Lipinski definition) is 3. The molecule has 0 atom stereocenters. The Hall–Kier alpha value is -1.29. The molecule has 2 rings (SSSR count). The van der Waals surface area contributed by atoms with E-state index in [0.717, 1.165) is 31.5 Å². The van der Waals surface area contributed by atoms with Gasteiger partial charge in [0.15, 0.2) is 0 Å². The van der Waals surface area contributed by atoms with Crippen molar-refractivity contribution in [3.63, 3.8) is 0 Å². The average molecular weight is 208 g/mol. The van der Waals surface area contributed by atoms with Crippen LogP contribution in [0.2, 0.25) is 0 Å². The summed E-state index contributed by atoms with van der Waals surface area (Å²) in [6, 6.07) is 1.90. The van der Waals surface area contributed by atoms with E-state index < -0.39 is 0 Å². The second kappa shape index (κ2) is 4.98. The molecular weight excluding hydrogens is 192 g/mol. The fourth-order valence-electron chi connectivity index (χ4n) is 1.79. The normalized spacial score (nSPS) is 15.9. The summed E-state index contributed by atoms with van der Waals surface area (Å²) in [5.74, 6) is 0.205. The van der Waals surface area contributed by atoms with Gasteiger partial charge in [-0.1, -0.05) is 0 Å². The van der Waals surface area contributed by atoms with E-state index in [1.807, 2.05) is 11.0 Å². The molecule has 0 unspecified atom stereocenters. The number of rotatable bonds is 4. The van der Waals surface area contributed by atoms with Gasteiger partial charge in [0, 0.05) is 25.2 Å². The molecule has 0 aromatic carbocycles. The molecule has 1 aliphatic heterocycles. The zero-order valence-electron chi connectivity index (χ0n) is 8.74. The van der Waals surface area contributed by atoms with Gasteiger partial charge in [-0.2, -0.15) is 0 Å². The Labute approximate surface area is 89.2 Å². The predicted molar refractivity (Wildman–Crippen MR) is 56.2 cm³/mol. The Morgan fingerprint density at radius 2 is 2.27 bits per heavy atom. The highest BCUT2D eigenvalue weighted by Crippen LogP contribution is 2.06. The molecule has 0 spiro atoms. The standard InChI is InChI=1S/C11H16N2O2/c14-11(13-4-1-2-5-13)8-12-7-10-3-6-15-9-10/h3,6,9,12H,1-2,4-5,7-8H2. The van der Waals surface area contributed by atoms with E-state index >= 15 is 0 Å². The van der Waals surface area contributed by atoms with Gasteiger partial charge in [0.25, 0.3) is 0 Å². The Balaban J connectivity index is 1.67. The summed E-state index contributed by atoms with van der Waals surface area (Å²) in [5.41, 5.74) is 1.07. The smallest absolute Gasteiger partial charge is 0.236 e. The molecule has 82 valence electrons. The van der Waals surface area contributed by atoms with Crippen LogP contribution in [0.4, 0.5) is 0 Å². The SMILES string of the molecule is O=C(CNCc1ccoc1)N1CCCC1. The number of likely N-dealkylation sites (tertiary alicyclic amines) is 1. The minimum Gasteiger partial charge on any atom is -0.472 e. The molecule has 1 saturated heterocycles. The number of nitrogens with zero attached hydrogens (tertiary/aromatic N) is 1. The van der Waals surface area contributed by atoms with Gasteiger partial charge < -0.3 is 14.6 Å². The molecule has 1 fully saturated rings. The van der Waals surface area contributed by atoms with Crippen molar-refractivity contribution in [1.29, 1.82) is 0 Å². The van der Waals surface area contributed by atoms with Gasteiger partial charge in [0.1, 0.15) is 0 Å². The summed E-state index contributed by atoms with van der Waals surface area (Å²) >= 11 is 0. The van der Waals surface area contributed by atoms with Crippen LogP contribution >= 0.6 is 0 Å². The molecule has 4 nitrogen and oxygen atoms in total. The summed E-state index contributed by atoms with van der Waals surface area (Å²) in [7, 11) is 0. The topological polar surface area (TPSA) is 45.5 Å². The molecule has 1 aliphatic rings. The van der Waals surface area contributed by atoms with Crippen molar-refractivity contribution in [3.8, 4) is 0 Å². The molecule has 0 aliphatic carbocycles. The number of nitrogens with one attached hydrogen (secondary N) is 1. The molecule has 1 amide bonds. The third-order valence-corrected chi connectivity index (χ3v) is 2.64. The number of carbonyl (C=O) groups is 1. The second-order valence-corrected chi connectivity index (χ2v) is 3.82. The van der Waals surface area contributed by atoms with Gasteiger partial charge in [-0.3, -0.25) is 4.79 Å². The second-order valence-electron chi connectivity index (χ2n) is 3.82. The molecule has 0 bridgehead atoms. The van der Waals surface area contributed by atoms with Crippen LogP contribution in [0.25, 0.3) is 0 Å². The minimum atomic E-state index is 0.205. The fraction of sp³-hybridized carbons (Fsp3) is 0.545. The summed E-state index contributed by atoms with van der Waals surface area (Å²) < 4.78 is 4.94. The molecule has 1 aromatic heterocycles.